The van der Waals surface area contributed by atoms with Gasteiger partial charge in [-0.05, 0) is 129 Å². The number of carboxylic acid groups (broad SMARTS) is 3. The summed E-state index contributed by atoms with van der Waals surface area (Å²) < 4.78 is 0. The highest BCUT2D eigenvalue weighted by Gasteiger charge is 2.33. The molecule has 52 heavy (non-hydrogen) atoms. The summed E-state index contributed by atoms with van der Waals surface area (Å²) in [6, 6.07) is 24.8. The first kappa shape index (κ1) is 37.7. The number of hydrogen-bond acceptors (Lipinski definition) is 7. The lowest BCUT2D eigenvalue weighted by atomic mass is 9.85. The molecule has 3 aromatic rings. The Labute approximate surface area is 307 Å². The van der Waals surface area contributed by atoms with Gasteiger partial charge in [-0.15, -0.1) is 0 Å². The predicted octanol–water partition coefficient (Wildman–Crippen LogP) is 4.45. The van der Waals surface area contributed by atoms with Gasteiger partial charge in [-0.2, -0.15) is 0 Å². The molecule has 3 saturated heterocycles. The molecule has 6 atom stereocenters. The van der Waals surface area contributed by atoms with Crippen molar-refractivity contribution in [1.29, 1.82) is 0 Å². The number of carboxylic acids is 3. The van der Waals surface area contributed by atoms with Crippen molar-refractivity contribution in [1.82, 2.24) is 20.9 Å². The summed E-state index contributed by atoms with van der Waals surface area (Å²) in [7, 11) is 0. The topological polar surface area (TPSA) is 151 Å². The first-order valence-electron chi connectivity index (χ1n) is 19.0. The maximum atomic E-state index is 12.3. The predicted molar refractivity (Wildman–Crippen MR) is 200 cm³/mol. The van der Waals surface area contributed by atoms with Gasteiger partial charge in [-0.3, -0.25) is 19.3 Å². The van der Waals surface area contributed by atoms with E-state index in [1.54, 1.807) is 0 Å². The summed E-state index contributed by atoms with van der Waals surface area (Å²) in [5.74, 6) is -3.18. The van der Waals surface area contributed by atoms with E-state index in [2.05, 4.69) is 57.2 Å². The van der Waals surface area contributed by atoms with Crippen molar-refractivity contribution in [3.05, 3.63) is 106 Å². The van der Waals surface area contributed by atoms with Crippen LogP contribution in [0.5, 0.6) is 0 Å². The van der Waals surface area contributed by atoms with E-state index in [0.717, 1.165) is 91.9 Å². The maximum absolute atomic E-state index is 12.3. The van der Waals surface area contributed by atoms with E-state index in [1.165, 1.54) is 0 Å². The van der Waals surface area contributed by atoms with Crippen LogP contribution in [0.25, 0.3) is 0 Å². The zero-order valence-corrected chi connectivity index (χ0v) is 30.0. The summed E-state index contributed by atoms with van der Waals surface area (Å²) >= 11 is 0. The molecule has 0 bridgehead atoms. The fraction of sp³-hybridized carbons (Fsp3) is 0.500. The molecule has 0 radical (unpaired) electrons. The molecule has 6 rings (SSSR count). The quantitative estimate of drug-likeness (QED) is 0.112. The summed E-state index contributed by atoms with van der Waals surface area (Å²) in [5, 5.41) is 40.1. The van der Waals surface area contributed by atoms with E-state index in [1.807, 2.05) is 36.4 Å². The third kappa shape index (κ3) is 10.3. The van der Waals surface area contributed by atoms with Gasteiger partial charge in [0.15, 0.2) is 0 Å². The molecular weight excluding hydrogens is 656 g/mol. The van der Waals surface area contributed by atoms with E-state index in [-0.39, 0.29) is 17.8 Å². The Morgan fingerprint density at radius 3 is 1.06 bits per heavy atom. The summed E-state index contributed by atoms with van der Waals surface area (Å²) in [4.78, 5) is 39.2. The monoisotopic (exact) mass is 710 g/mol. The van der Waals surface area contributed by atoms with Gasteiger partial charge in [0.05, 0.1) is 17.8 Å². The number of benzene rings is 3. The molecular formula is C42H54N4O6. The van der Waals surface area contributed by atoms with Crippen molar-refractivity contribution in [2.24, 2.45) is 35.5 Å². The Morgan fingerprint density at radius 1 is 0.519 bits per heavy atom. The maximum Gasteiger partial charge on any atom is 0.307 e. The van der Waals surface area contributed by atoms with Crippen LogP contribution in [0.3, 0.4) is 0 Å². The molecule has 278 valence electrons. The second-order valence-electron chi connectivity index (χ2n) is 15.3. The Balaban J connectivity index is 1.22. The van der Waals surface area contributed by atoms with E-state index in [0.29, 0.717) is 38.9 Å². The zero-order chi connectivity index (χ0) is 36.5. The average molecular weight is 711 g/mol. The molecule has 0 amide bonds. The van der Waals surface area contributed by atoms with Crippen LogP contribution in [-0.4, -0.2) is 77.4 Å². The minimum absolute atomic E-state index is 0.119. The lowest BCUT2D eigenvalue weighted by Crippen LogP contribution is -2.28. The average Bonchev–Trinajstić information content (AvgIpc) is 3.94. The van der Waals surface area contributed by atoms with Crippen molar-refractivity contribution < 1.29 is 29.7 Å². The van der Waals surface area contributed by atoms with E-state index >= 15 is 0 Å². The van der Waals surface area contributed by atoms with Gasteiger partial charge in [-0.1, -0.05) is 72.8 Å². The number of rotatable bonds is 18. The van der Waals surface area contributed by atoms with Gasteiger partial charge in [0.25, 0.3) is 0 Å². The van der Waals surface area contributed by atoms with Gasteiger partial charge in [0.1, 0.15) is 0 Å². The molecule has 0 aliphatic carbocycles. The van der Waals surface area contributed by atoms with Crippen LogP contribution in [0, 0.1) is 35.5 Å². The number of hydrogen-bond donors (Lipinski definition) is 6. The SMILES string of the molecule is O=C(O)[C@@H](Cc1cccc(CN(Cc2cccc(C[C@H](C(=O)O)[C@H]3CCNC3)c2)Cc2cccc(C[C@H](C(=O)O)[C@H]3CCNC3)c2)c1)C1CCNC1. The van der Waals surface area contributed by atoms with E-state index in [4.69, 9.17) is 0 Å². The van der Waals surface area contributed by atoms with Crippen LogP contribution in [0.15, 0.2) is 72.8 Å². The normalized spacial score (nSPS) is 22.0. The number of aliphatic carboxylic acids is 3. The van der Waals surface area contributed by atoms with Crippen molar-refractivity contribution in [2.45, 2.75) is 58.2 Å². The molecule has 3 heterocycles. The number of nitrogens with zero attached hydrogens (tertiary/aromatic N) is 1. The first-order valence-corrected chi connectivity index (χ1v) is 19.0. The van der Waals surface area contributed by atoms with Crippen molar-refractivity contribution >= 4 is 17.9 Å². The molecule has 6 N–H and O–H groups in total. The Kier molecular flexibility index (Phi) is 13.1. The Hall–Kier alpha value is -4.09. The Morgan fingerprint density at radius 2 is 0.808 bits per heavy atom. The van der Waals surface area contributed by atoms with Crippen LogP contribution in [-0.2, 0) is 53.3 Å². The van der Waals surface area contributed by atoms with Gasteiger partial charge in [0.2, 0.25) is 0 Å². The molecule has 0 spiro atoms. The highest BCUT2D eigenvalue weighted by Crippen LogP contribution is 2.28. The fourth-order valence-electron chi connectivity index (χ4n) is 8.70. The molecule has 3 aliphatic heterocycles. The third-order valence-corrected chi connectivity index (χ3v) is 11.5. The van der Waals surface area contributed by atoms with Crippen molar-refractivity contribution in [3.8, 4) is 0 Å². The molecule has 3 aliphatic rings. The zero-order valence-electron chi connectivity index (χ0n) is 30.0. The second kappa shape index (κ2) is 18.1. The van der Waals surface area contributed by atoms with Crippen LogP contribution in [0.2, 0.25) is 0 Å². The summed E-state index contributed by atoms with van der Waals surface area (Å²) in [6.07, 6.45) is 4.08. The third-order valence-electron chi connectivity index (χ3n) is 11.5. The highest BCUT2D eigenvalue weighted by atomic mass is 16.4. The summed E-state index contributed by atoms with van der Waals surface area (Å²) in [5.41, 5.74) is 6.34. The van der Waals surface area contributed by atoms with Gasteiger partial charge in [0, 0.05) is 19.6 Å². The van der Waals surface area contributed by atoms with E-state index in [9.17, 15) is 29.7 Å². The van der Waals surface area contributed by atoms with Crippen LogP contribution >= 0.6 is 0 Å². The Bertz CT molecular complexity index is 1470. The lowest BCUT2D eigenvalue weighted by Gasteiger charge is -2.25. The molecule has 1 unspecified atom stereocenters. The van der Waals surface area contributed by atoms with E-state index < -0.39 is 35.7 Å². The first-order chi connectivity index (χ1) is 25.2. The molecule has 0 aromatic heterocycles. The molecule has 3 fully saturated rings. The molecule has 10 nitrogen and oxygen atoms in total. The lowest BCUT2D eigenvalue weighted by molar-refractivity contribution is -0.144. The van der Waals surface area contributed by atoms with Crippen LogP contribution in [0.1, 0.15) is 52.6 Å². The molecule has 10 heteroatoms. The standard InChI is InChI=1S/C42H54N4O6/c47-40(48)37(34-10-13-43-22-34)19-28-4-1-7-31(16-28)25-46(26-32-8-2-5-29(17-32)20-38(41(49)50)35-11-14-44-23-35)27-33-9-3-6-30(18-33)21-39(42(51)52)36-12-15-45-24-36/h1-9,16-18,34-39,43-45H,10-15,19-27H2,(H,47,48)(H,49,50)(H,51,52)/t34-,35-,36?,37-,38-,39-/m0/s1. The summed E-state index contributed by atoms with van der Waals surface area (Å²) in [6.45, 7) is 6.65. The number of nitrogens with one attached hydrogen (secondary N) is 3. The second-order valence-corrected chi connectivity index (χ2v) is 15.3. The van der Waals surface area contributed by atoms with Crippen LogP contribution < -0.4 is 16.0 Å². The molecule has 3 aromatic carbocycles. The highest BCUT2D eigenvalue weighted by molar-refractivity contribution is 5.72. The minimum Gasteiger partial charge on any atom is -0.481 e. The number of carbonyl (C=O) groups is 3. The largest absolute Gasteiger partial charge is 0.481 e. The van der Waals surface area contributed by atoms with Gasteiger partial charge < -0.3 is 31.3 Å². The molecule has 0 saturated carbocycles. The minimum atomic E-state index is -0.746. The van der Waals surface area contributed by atoms with Crippen LogP contribution in [0.4, 0.5) is 0 Å². The van der Waals surface area contributed by atoms with Crippen molar-refractivity contribution in [2.75, 3.05) is 39.3 Å². The van der Waals surface area contributed by atoms with Gasteiger partial charge in [-0.25, -0.2) is 0 Å². The van der Waals surface area contributed by atoms with Crippen molar-refractivity contribution in [3.63, 3.8) is 0 Å². The fourth-order valence-corrected chi connectivity index (χ4v) is 8.70. The smallest absolute Gasteiger partial charge is 0.307 e. The van der Waals surface area contributed by atoms with Gasteiger partial charge >= 0.3 is 17.9 Å².